The van der Waals surface area contributed by atoms with E-state index in [9.17, 15) is 14.3 Å². The molecule has 5 heteroatoms. The van der Waals surface area contributed by atoms with Gasteiger partial charge >= 0.3 is 0 Å². The molecule has 1 atom stereocenters. The van der Waals surface area contributed by atoms with Crippen molar-refractivity contribution in [2.45, 2.75) is 6.10 Å². The molecule has 1 aliphatic rings. The minimum absolute atomic E-state index is 0.329. The second-order valence-corrected chi connectivity index (χ2v) is 4.48. The molecule has 0 aliphatic carbocycles. The Bertz CT molecular complexity index is 406. The van der Waals surface area contributed by atoms with Crippen molar-refractivity contribution in [1.29, 1.82) is 0 Å². The minimum atomic E-state index is -0.825. The third-order valence-electron chi connectivity index (χ3n) is 3.25. The van der Waals surface area contributed by atoms with Gasteiger partial charge in [0, 0.05) is 38.3 Å². The third kappa shape index (κ3) is 3.05. The van der Waals surface area contributed by atoms with E-state index in [1.165, 1.54) is 6.07 Å². The summed E-state index contributed by atoms with van der Waals surface area (Å²) in [4.78, 5) is 14.3. The van der Waals surface area contributed by atoms with Crippen LogP contribution in [0.4, 0.5) is 4.39 Å². The van der Waals surface area contributed by atoms with Crippen LogP contribution in [0.1, 0.15) is 11.7 Å². The van der Waals surface area contributed by atoms with Crippen LogP contribution in [0.5, 0.6) is 0 Å². The monoisotopic (exact) mass is 252 g/mol. The van der Waals surface area contributed by atoms with Crippen LogP contribution in [0.25, 0.3) is 0 Å². The maximum Gasteiger partial charge on any atom is 0.209 e. The van der Waals surface area contributed by atoms with Gasteiger partial charge in [-0.2, -0.15) is 0 Å². The molecule has 0 aromatic heterocycles. The summed E-state index contributed by atoms with van der Waals surface area (Å²) in [6, 6.07) is 6.27. The lowest BCUT2D eigenvalue weighted by atomic mass is 10.1. The SMILES string of the molecule is O=CN1CCN(CC(O)c2ccccc2F)CC1. The van der Waals surface area contributed by atoms with Crippen molar-refractivity contribution < 1.29 is 14.3 Å². The largest absolute Gasteiger partial charge is 0.387 e. The number of hydrogen-bond donors (Lipinski definition) is 1. The van der Waals surface area contributed by atoms with Crippen LogP contribution in [0.15, 0.2) is 24.3 Å². The molecular weight excluding hydrogens is 235 g/mol. The fraction of sp³-hybridized carbons (Fsp3) is 0.462. The van der Waals surface area contributed by atoms with Crippen molar-refractivity contribution in [3.8, 4) is 0 Å². The van der Waals surface area contributed by atoms with Crippen LogP contribution in [0, 0.1) is 5.82 Å². The average molecular weight is 252 g/mol. The molecule has 2 rings (SSSR count). The van der Waals surface area contributed by atoms with Crippen molar-refractivity contribution in [2.24, 2.45) is 0 Å². The van der Waals surface area contributed by atoms with E-state index < -0.39 is 6.10 Å². The zero-order valence-electron chi connectivity index (χ0n) is 10.1. The highest BCUT2D eigenvalue weighted by molar-refractivity contribution is 5.47. The van der Waals surface area contributed by atoms with E-state index in [-0.39, 0.29) is 5.82 Å². The summed E-state index contributed by atoms with van der Waals surface area (Å²) in [6.07, 6.45) is 0.0129. The Morgan fingerprint density at radius 3 is 2.56 bits per heavy atom. The maximum absolute atomic E-state index is 13.5. The lowest BCUT2D eigenvalue weighted by Gasteiger charge is -2.33. The second-order valence-electron chi connectivity index (χ2n) is 4.48. The van der Waals surface area contributed by atoms with Crippen LogP contribution in [0.3, 0.4) is 0 Å². The zero-order chi connectivity index (χ0) is 13.0. The molecule has 1 fully saturated rings. The Hall–Kier alpha value is -1.46. The first-order valence-electron chi connectivity index (χ1n) is 6.05. The van der Waals surface area contributed by atoms with Crippen molar-refractivity contribution in [2.75, 3.05) is 32.7 Å². The molecule has 1 unspecified atom stereocenters. The Labute approximate surface area is 106 Å². The van der Waals surface area contributed by atoms with Crippen LogP contribution < -0.4 is 0 Å². The summed E-state index contributed by atoms with van der Waals surface area (Å²) in [6.45, 7) is 3.14. The Kier molecular flexibility index (Phi) is 4.28. The van der Waals surface area contributed by atoms with Crippen LogP contribution in [-0.4, -0.2) is 54.0 Å². The molecule has 4 nitrogen and oxygen atoms in total. The smallest absolute Gasteiger partial charge is 0.209 e. The van der Waals surface area contributed by atoms with Gasteiger partial charge in [0.15, 0.2) is 0 Å². The van der Waals surface area contributed by atoms with E-state index in [0.717, 1.165) is 6.41 Å². The van der Waals surface area contributed by atoms with Gasteiger partial charge < -0.3 is 10.0 Å². The molecule has 1 N–H and O–H groups in total. The van der Waals surface area contributed by atoms with E-state index >= 15 is 0 Å². The van der Waals surface area contributed by atoms with Gasteiger partial charge in [0.1, 0.15) is 5.82 Å². The molecule has 98 valence electrons. The number of nitrogens with zero attached hydrogens (tertiary/aromatic N) is 2. The predicted octanol–water partition coefficient (Wildman–Crippen LogP) is 0.633. The van der Waals surface area contributed by atoms with Crippen molar-refractivity contribution >= 4 is 6.41 Å². The first kappa shape index (κ1) is 13.0. The topological polar surface area (TPSA) is 43.8 Å². The van der Waals surface area contributed by atoms with Gasteiger partial charge in [0.25, 0.3) is 0 Å². The van der Waals surface area contributed by atoms with Crippen molar-refractivity contribution in [3.05, 3.63) is 35.6 Å². The molecule has 0 bridgehead atoms. The van der Waals surface area contributed by atoms with Gasteiger partial charge in [-0.1, -0.05) is 18.2 Å². The number of aliphatic hydroxyl groups excluding tert-OH is 1. The molecular formula is C13H17FN2O2. The fourth-order valence-corrected chi connectivity index (χ4v) is 2.14. The maximum atomic E-state index is 13.5. The van der Waals surface area contributed by atoms with E-state index in [1.54, 1.807) is 23.1 Å². The number of carbonyl (C=O) groups excluding carboxylic acids is 1. The normalized spacial score (nSPS) is 18.7. The highest BCUT2D eigenvalue weighted by Gasteiger charge is 2.20. The van der Waals surface area contributed by atoms with Crippen LogP contribution in [0.2, 0.25) is 0 Å². The van der Waals surface area contributed by atoms with E-state index in [0.29, 0.717) is 38.3 Å². The fourth-order valence-electron chi connectivity index (χ4n) is 2.14. The number of halogens is 1. The van der Waals surface area contributed by atoms with Crippen molar-refractivity contribution in [3.63, 3.8) is 0 Å². The molecule has 0 radical (unpaired) electrons. The number of β-amino-alcohol motifs (C(OH)–C–C–N with tert-alkyl or cyclic N) is 1. The Balaban J connectivity index is 1.90. The molecule has 0 spiro atoms. The summed E-state index contributed by atoms with van der Waals surface area (Å²) in [7, 11) is 0. The highest BCUT2D eigenvalue weighted by atomic mass is 19.1. The van der Waals surface area contributed by atoms with E-state index in [2.05, 4.69) is 0 Å². The molecule has 0 saturated carbocycles. The number of carbonyl (C=O) groups is 1. The lowest BCUT2D eigenvalue weighted by molar-refractivity contribution is -0.119. The summed E-state index contributed by atoms with van der Waals surface area (Å²) in [5, 5.41) is 10.0. The summed E-state index contributed by atoms with van der Waals surface area (Å²) >= 11 is 0. The van der Waals surface area contributed by atoms with Crippen LogP contribution in [-0.2, 0) is 4.79 Å². The number of hydrogen-bond acceptors (Lipinski definition) is 3. The standard InChI is InChI=1S/C13H17FN2O2/c14-12-4-2-1-3-11(12)13(18)9-15-5-7-16(10-17)8-6-15/h1-4,10,13,18H,5-9H2. The highest BCUT2D eigenvalue weighted by Crippen LogP contribution is 2.18. The average Bonchev–Trinajstić information content (AvgIpc) is 2.40. The molecule has 18 heavy (non-hydrogen) atoms. The number of amides is 1. The van der Waals surface area contributed by atoms with Gasteiger partial charge in [-0.25, -0.2) is 4.39 Å². The molecule has 1 aromatic carbocycles. The quantitative estimate of drug-likeness (QED) is 0.799. The van der Waals surface area contributed by atoms with Gasteiger partial charge in [0.05, 0.1) is 6.10 Å². The van der Waals surface area contributed by atoms with Gasteiger partial charge in [-0.05, 0) is 6.07 Å². The Morgan fingerprint density at radius 2 is 1.94 bits per heavy atom. The predicted molar refractivity (Wildman–Crippen MR) is 65.4 cm³/mol. The van der Waals surface area contributed by atoms with E-state index in [4.69, 9.17) is 0 Å². The van der Waals surface area contributed by atoms with Gasteiger partial charge in [0.2, 0.25) is 6.41 Å². The summed E-state index contributed by atoms with van der Waals surface area (Å²) in [5.41, 5.74) is 0.329. The summed E-state index contributed by atoms with van der Waals surface area (Å²) in [5.74, 6) is -0.378. The van der Waals surface area contributed by atoms with E-state index in [1.807, 2.05) is 4.90 Å². The molecule has 1 heterocycles. The molecule has 1 aromatic rings. The van der Waals surface area contributed by atoms with Gasteiger partial charge in [-0.15, -0.1) is 0 Å². The number of benzene rings is 1. The number of aliphatic hydroxyl groups is 1. The third-order valence-corrected chi connectivity index (χ3v) is 3.25. The second kappa shape index (κ2) is 5.93. The first-order valence-corrected chi connectivity index (χ1v) is 6.05. The zero-order valence-corrected chi connectivity index (χ0v) is 10.1. The van der Waals surface area contributed by atoms with Crippen LogP contribution >= 0.6 is 0 Å². The molecule has 1 aliphatic heterocycles. The lowest BCUT2D eigenvalue weighted by Crippen LogP contribution is -2.46. The van der Waals surface area contributed by atoms with Gasteiger partial charge in [-0.3, -0.25) is 9.69 Å². The Morgan fingerprint density at radius 1 is 1.28 bits per heavy atom. The number of piperazine rings is 1. The molecule has 1 amide bonds. The minimum Gasteiger partial charge on any atom is -0.387 e. The number of rotatable bonds is 4. The summed E-state index contributed by atoms with van der Waals surface area (Å²) < 4.78 is 13.5. The molecule has 1 saturated heterocycles. The first-order chi connectivity index (χ1) is 8.70. The van der Waals surface area contributed by atoms with Crippen molar-refractivity contribution in [1.82, 2.24) is 9.80 Å².